The van der Waals surface area contributed by atoms with Gasteiger partial charge in [-0.2, -0.15) is 0 Å². The van der Waals surface area contributed by atoms with Crippen LogP contribution in [0.4, 0.5) is 4.39 Å². The summed E-state index contributed by atoms with van der Waals surface area (Å²) in [6, 6.07) is 8.47. The van der Waals surface area contributed by atoms with E-state index in [4.69, 9.17) is 11.6 Å². The van der Waals surface area contributed by atoms with Crippen molar-refractivity contribution in [2.75, 3.05) is 13.1 Å². The molecule has 0 saturated carbocycles. The summed E-state index contributed by atoms with van der Waals surface area (Å²) in [5, 5.41) is 3.46. The zero-order chi connectivity index (χ0) is 15.3. The predicted molar refractivity (Wildman–Crippen MR) is 84.8 cm³/mol. The van der Waals surface area contributed by atoms with E-state index in [0.29, 0.717) is 23.9 Å². The van der Waals surface area contributed by atoms with Gasteiger partial charge in [0.1, 0.15) is 5.82 Å². The molecule has 1 fully saturated rings. The molecular weight excluding hydrogens is 303 g/mol. The molecule has 2 atom stereocenters. The standard InChI is InChI=1S/C17H16ClFN2O/c18-14-3-1-2-12(16(14)19)13-4-5-15-11-6-10(7-20-8-11)9-21(15)17(13)22/h1-5,10-11,20H,6-9H2. The van der Waals surface area contributed by atoms with Gasteiger partial charge in [0.2, 0.25) is 0 Å². The summed E-state index contributed by atoms with van der Waals surface area (Å²) in [5.74, 6) is 0.321. The monoisotopic (exact) mass is 318 g/mol. The third kappa shape index (κ3) is 2.09. The zero-order valence-corrected chi connectivity index (χ0v) is 12.7. The summed E-state index contributed by atoms with van der Waals surface area (Å²) >= 11 is 5.85. The van der Waals surface area contributed by atoms with Crippen LogP contribution in [0.25, 0.3) is 11.1 Å². The molecule has 1 aromatic carbocycles. The fourth-order valence-corrected chi connectivity index (χ4v) is 3.88. The lowest BCUT2D eigenvalue weighted by molar-refractivity contribution is 0.257. The third-order valence-electron chi connectivity index (χ3n) is 4.75. The number of pyridine rings is 1. The summed E-state index contributed by atoms with van der Waals surface area (Å²) in [7, 11) is 0. The fraction of sp³-hybridized carbons (Fsp3) is 0.353. The van der Waals surface area contributed by atoms with Crippen molar-refractivity contribution in [1.82, 2.24) is 9.88 Å². The van der Waals surface area contributed by atoms with Crippen LogP contribution in [-0.4, -0.2) is 17.7 Å². The molecule has 5 heteroatoms. The molecule has 0 spiro atoms. The Balaban J connectivity index is 1.89. The number of aromatic nitrogens is 1. The van der Waals surface area contributed by atoms with Gasteiger partial charge in [-0.15, -0.1) is 0 Å². The van der Waals surface area contributed by atoms with E-state index in [0.717, 1.165) is 25.2 Å². The SMILES string of the molecule is O=c1c(-c2cccc(Cl)c2F)ccc2n1CC1CNCC2C1. The van der Waals surface area contributed by atoms with Gasteiger partial charge < -0.3 is 9.88 Å². The molecule has 3 nitrogen and oxygen atoms in total. The number of piperidine rings is 1. The summed E-state index contributed by atoms with van der Waals surface area (Å²) in [4.78, 5) is 12.8. The average molecular weight is 319 g/mol. The maximum atomic E-state index is 14.2. The molecular formula is C17H16ClFN2O. The van der Waals surface area contributed by atoms with E-state index in [-0.39, 0.29) is 16.1 Å². The Hall–Kier alpha value is -1.65. The van der Waals surface area contributed by atoms with E-state index in [1.165, 1.54) is 6.07 Å². The van der Waals surface area contributed by atoms with Gasteiger partial charge in [0.15, 0.2) is 0 Å². The van der Waals surface area contributed by atoms with Crippen LogP contribution < -0.4 is 10.9 Å². The normalized spacial score (nSPS) is 23.2. The molecule has 1 saturated heterocycles. The van der Waals surface area contributed by atoms with Gasteiger partial charge in [-0.3, -0.25) is 4.79 Å². The first-order valence-corrected chi connectivity index (χ1v) is 7.92. The lowest BCUT2D eigenvalue weighted by Crippen LogP contribution is -2.45. The van der Waals surface area contributed by atoms with E-state index in [1.54, 1.807) is 18.2 Å². The predicted octanol–water partition coefficient (Wildman–Crippen LogP) is 3.01. The first-order chi connectivity index (χ1) is 10.6. The van der Waals surface area contributed by atoms with Crippen molar-refractivity contribution in [1.29, 1.82) is 0 Å². The van der Waals surface area contributed by atoms with Crippen LogP contribution in [0.3, 0.4) is 0 Å². The van der Waals surface area contributed by atoms with Crippen LogP contribution in [0, 0.1) is 11.7 Å². The minimum Gasteiger partial charge on any atom is -0.316 e. The van der Waals surface area contributed by atoms with E-state index in [9.17, 15) is 9.18 Å². The Morgan fingerprint density at radius 1 is 1.18 bits per heavy atom. The highest BCUT2D eigenvalue weighted by molar-refractivity contribution is 6.31. The largest absolute Gasteiger partial charge is 0.316 e. The second kappa shape index (κ2) is 5.21. The highest BCUT2D eigenvalue weighted by Crippen LogP contribution is 2.33. The van der Waals surface area contributed by atoms with E-state index in [2.05, 4.69) is 5.32 Å². The molecule has 2 aliphatic rings. The number of nitrogens with one attached hydrogen (secondary N) is 1. The number of hydrogen-bond acceptors (Lipinski definition) is 2. The molecule has 0 amide bonds. The smallest absolute Gasteiger partial charge is 0.258 e. The summed E-state index contributed by atoms with van der Waals surface area (Å²) in [6.07, 6.45) is 1.12. The number of hydrogen-bond donors (Lipinski definition) is 1. The molecule has 1 aromatic heterocycles. The zero-order valence-electron chi connectivity index (χ0n) is 12.0. The lowest BCUT2D eigenvalue weighted by Gasteiger charge is -2.37. The van der Waals surface area contributed by atoms with Crippen LogP contribution in [0.15, 0.2) is 35.1 Å². The average Bonchev–Trinajstić information content (AvgIpc) is 2.52. The lowest BCUT2D eigenvalue weighted by atomic mass is 9.84. The highest BCUT2D eigenvalue weighted by Gasteiger charge is 2.31. The second-order valence-electron chi connectivity index (χ2n) is 6.15. The molecule has 3 heterocycles. The summed E-state index contributed by atoms with van der Waals surface area (Å²) < 4.78 is 16.1. The van der Waals surface area contributed by atoms with Crippen LogP contribution in [0.2, 0.25) is 5.02 Å². The topological polar surface area (TPSA) is 34.0 Å². The second-order valence-corrected chi connectivity index (χ2v) is 6.55. The number of nitrogens with zero attached hydrogens (tertiary/aromatic N) is 1. The van der Waals surface area contributed by atoms with Gasteiger partial charge in [0.25, 0.3) is 5.56 Å². The minimum atomic E-state index is -0.528. The summed E-state index contributed by atoms with van der Waals surface area (Å²) in [5.41, 5.74) is 1.60. The van der Waals surface area contributed by atoms with Crippen molar-refractivity contribution < 1.29 is 4.39 Å². The molecule has 1 N–H and O–H groups in total. The van der Waals surface area contributed by atoms with Crippen LogP contribution in [0.1, 0.15) is 18.0 Å². The van der Waals surface area contributed by atoms with Crippen LogP contribution >= 0.6 is 11.6 Å². The Morgan fingerprint density at radius 2 is 2.05 bits per heavy atom. The van der Waals surface area contributed by atoms with Crippen molar-refractivity contribution in [2.45, 2.75) is 18.9 Å². The molecule has 4 rings (SSSR count). The van der Waals surface area contributed by atoms with E-state index < -0.39 is 5.82 Å². The van der Waals surface area contributed by atoms with Crippen LogP contribution in [0.5, 0.6) is 0 Å². The fourth-order valence-electron chi connectivity index (χ4n) is 3.71. The van der Waals surface area contributed by atoms with Crippen molar-refractivity contribution in [3.8, 4) is 11.1 Å². The molecule has 22 heavy (non-hydrogen) atoms. The Labute approximate surface area is 132 Å². The molecule has 2 unspecified atom stereocenters. The first-order valence-electron chi connectivity index (χ1n) is 7.54. The Bertz CT molecular complexity index is 802. The van der Waals surface area contributed by atoms with Crippen molar-refractivity contribution in [3.63, 3.8) is 0 Å². The molecule has 114 valence electrons. The van der Waals surface area contributed by atoms with E-state index in [1.807, 2.05) is 10.6 Å². The van der Waals surface area contributed by atoms with Gasteiger partial charge in [0.05, 0.1) is 10.6 Å². The molecule has 2 bridgehead atoms. The third-order valence-corrected chi connectivity index (χ3v) is 5.04. The number of fused-ring (bicyclic) bond motifs is 4. The van der Waals surface area contributed by atoms with Crippen molar-refractivity contribution >= 4 is 11.6 Å². The van der Waals surface area contributed by atoms with E-state index >= 15 is 0 Å². The number of benzene rings is 1. The molecule has 0 radical (unpaired) electrons. The van der Waals surface area contributed by atoms with Crippen molar-refractivity contribution in [2.24, 2.45) is 5.92 Å². The van der Waals surface area contributed by atoms with Gasteiger partial charge in [-0.25, -0.2) is 4.39 Å². The quantitative estimate of drug-likeness (QED) is 0.877. The summed E-state index contributed by atoms with van der Waals surface area (Å²) in [6.45, 7) is 2.55. The van der Waals surface area contributed by atoms with Gasteiger partial charge in [0, 0.05) is 30.3 Å². The molecule has 2 aromatic rings. The first kappa shape index (κ1) is 14.0. The van der Waals surface area contributed by atoms with Gasteiger partial charge >= 0.3 is 0 Å². The minimum absolute atomic E-state index is 0.0423. The molecule has 0 aliphatic carbocycles. The Kier molecular flexibility index (Phi) is 3.31. The maximum Gasteiger partial charge on any atom is 0.258 e. The van der Waals surface area contributed by atoms with Gasteiger partial charge in [-0.05, 0) is 37.1 Å². The number of halogens is 2. The highest BCUT2D eigenvalue weighted by atomic mass is 35.5. The van der Waals surface area contributed by atoms with Crippen molar-refractivity contribution in [3.05, 3.63) is 57.2 Å². The molecule has 2 aliphatic heterocycles. The van der Waals surface area contributed by atoms with Gasteiger partial charge in [-0.1, -0.05) is 23.7 Å². The maximum absolute atomic E-state index is 14.2. The number of rotatable bonds is 1. The van der Waals surface area contributed by atoms with Crippen LogP contribution in [-0.2, 0) is 6.54 Å². The Morgan fingerprint density at radius 3 is 2.91 bits per heavy atom.